The first-order chi connectivity index (χ1) is 8.85. The molecule has 0 heterocycles. The van der Waals surface area contributed by atoms with Crippen molar-refractivity contribution in [3.8, 4) is 0 Å². The highest BCUT2D eigenvalue weighted by atomic mass is 32.2. The van der Waals surface area contributed by atoms with Crippen molar-refractivity contribution in [1.82, 2.24) is 0 Å². The van der Waals surface area contributed by atoms with Crippen LogP contribution < -0.4 is 0 Å². The average molecular weight is 337 g/mol. The Morgan fingerprint density at radius 3 is 1.35 bits per heavy atom. The first-order valence-electron chi connectivity index (χ1n) is 5.28. The molecule has 0 aromatic carbocycles. The fraction of sp³-hybridized carbons (Fsp3) is 1.00. The minimum Gasteiger partial charge on any atom is -0.375 e. The van der Waals surface area contributed by atoms with Crippen LogP contribution in [0.2, 0.25) is 0 Å². The third-order valence-corrected chi connectivity index (χ3v) is 4.33. The van der Waals surface area contributed by atoms with Crippen LogP contribution >= 0.6 is 0 Å². The number of aliphatic hydroxyl groups excluding tert-OH is 2. The van der Waals surface area contributed by atoms with Gasteiger partial charge in [0.15, 0.2) is 10.9 Å². The lowest BCUT2D eigenvalue weighted by Crippen LogP contribution is -2.28. The second-order valence-electron chi connectivity index (χ2n) is 4.03. The highest BCUT2D eigenvalue weighted by Crippen LogP contribution is 2.15. The van der Waals surface area contributed by atoms with Crippen molar-refractivity contribution >= 4 is 20.2 Å². The molecule has 0 aliphatic heterocycles. The van der Waals surface area contributed by atoms with Gasteiger partial charge in [0.1, 0.15) is 0 Å². The number of nitro groups is 1. The second kappa shape index (κ2) is 7.24. The molecule has 0 radical (unpaired) electrons. The van der Waals surface area contributed by atoms with E-state index in [1.165, 1.54) is 0 Å². The van der Waals surface area contributed by atoms with Gasteiger partial charge in [0, 0.05) is 17.8 Å². The normalized spacial score (nSPS) is 16.1. The van der Waals surface area contributed by atoms with Gasteiger partial charge < -0.3 is 10.2 Å². The molecule has 0 aromatic heterocycles. The van der Waals surface area contributed by atoms with Crippen molar-refractivity contribution in [2.45, 2.75) is 42.6 Å². The van der Waals surface area contributed by atoms with Crippen molar-refractivity contribution in [2.75, 3.05) is 0 Å². The van der Waals surface area contributed by atoms with Crippen LogP contribution in [-0.2, 0) is 20.2 Å². The highest BCUT2D eigenvalue weighted by molar-refractivity contribution is 7.86. The number of hydrogen-bond acceptors (Lipinski definition) is 8. The van der Waals surface area contributed by atoms with Crippen molar-refractivity contribution in [1.29, 1.82) is 0 Å². The minimum atomic E-state index is -4.73. The summed E-state index contributed by atoms with van der Waals surface area (Å²) in [4.78, 5) is 9.80. The Balaban J connectivity index is 4.51. The van der Waals surface area contributed by atoms with Gasteiger partial charge >= 0.3 is 0 Å². The van der Waals surface area contributed by atoms with Gasteiger partial charge in [0.05, 0.1) is 0 Å². The maximum atomic E-state index is 10.6. The van der Waals surface area contributed by atoms with E-state index in [4.69, 9.17) is 19.3 Å². The predicted molar refractivity (Wildman–Crippen MR) is 64.4 cm³/mol. The smallest absolute Gasteiger partial charge is 0.291 e. The molecule has 0 amide bonds. The van der Waals surface area contributed by atoms with Crippen molar-refractivity contribution in [2.24, 2.45) is 0 Å². The summed E-state index contributed by atoms with van der Waals surface area (Å²) in [6.45, 7) is 0. The summed E-state index contributed by atoms with van der Waals surface area (Å²) >= 11 is 0. The third-order valence-electron chi connectivity index (χ3n) is 2.48. The van der Waals surface area contributed by atoms with Crippen molar-refractivity contribution < 1.29 is 41.1 Å². The van der Waals surface area contributed by atoms with E-state index in [1.807, 2.05) is 0 Å². The summed E-state index contributed by atoms with van der Waals surface area (Å²) in [5, 5.41) is 28.6. The summed E-state index contributed by atoms with van der Waals surface area (Å²) in [6.07, 6.45) is -2.20. The first kappa shape index (κ1) is 19.1. The molecular weight excluding hydrogens is 322 g/mol. The molecule has 13 heteroatoms. The van der Waals surface area contributed by atoms with Crippen LogP contribution in [0, 0.1) is 10.1 Å². The summed E-state index contributed by atoms with van der Waals surface area (Å²) in [5.41, 5.74) is -4.37. The van der Waals surface area contributed by atoms with E-state index >= 15 is 0 Å². The fourth-order valence-corrected chi connectivity index (χ4v) is 2.19. The lowest BCUT2D eigenvalue weighted by Gasteiger charge is -2.13. The van der Waals surface area contributed by atoms with Crippen LogP contribution in [0.5, 0.6) is 0 Å². The molecule has 0 aromatic rings. The summed E-state index contributed by atoms with van der Waals surface area (Å²) in [7, 11) is -9.46. The average Bonchev–Trinajstić information content (AvgIpc) is 2.24. The van der Waals surface area contributed by atoms with Crippen LogP contribution in [0.15, 0.2) is 0 Å². The molecule has 0 saturated carbocycles. The van der Waals surface area contributed by atoms with Gasteiger partial charge in [-0.1, -0.05) is 0 Å². The quantitative estimate of drug-likeness (QED) is 0.221. The lowest BCUT2D eigenvalue weighted by molar-refractivity contribution is -0.524. The zero-order chi connectivity index (χ0) is 16.1. The van der Waals surface area contributed by atoms with E-state index in [9.17, 15) is 26.9 Å². The molecule has 11 nitrogen and oxygen atoms in total. The molecule has 120 valence electrons. The van der Waals surface area contributed by atoms with E-state index < -0.39 is 67.8 Å². The number of hydrogen-bond donors (Lipinski definition) is 4. The van der Waals surface area contributed by atoms with Gasteiger partial charge in [-0.25, -0.2) is 0 Å². The summed E-state index contributed by atoms with van der Waals surface area (Å²) < 4.78 is 58.9. The fourth-order valence-electron chi connectivity index (χ4n) is 1.32. The van der Waals surface area contributed by atoms with Gasteiger partial charge in [0.25, 0.3) is 20.2 Å². The van der Waals surface area contributed by atoms with Gasteiger partial charge in [-0.15, -0.1) is 0 Å². The third kappa shape index (κ3) is 7.06. The Bertz CT molecular complexity index is 484. The van der Waals surface area contributed by atoms with E-state index in [0.717, 1.165) is 0 Å². The molecule has 0 rings (SSSR count). The molecule has 0 aliphatic carbocycles. The Morgan fingerprint density at radius 1 is 0.850 bits per heavy atom. The summed E-state index contributed by atoms with van der Waals surface area (Å²) in [6, 6.07) is -1.44. The zero-order valence-corrected chi connectivity index (χ0v) is 11.7. The Hall–Kier alpha value is -0.860. The van der Waals surface area contributed by atoms with Crippen LogP contribution in [0.4, 0.5) is 0 Å². The molecule has 0 saturated heterocycles. The van der Waals surface area contributed by atoms with Gasteiger partial charge in [0.2, 0.25) is 6.04 Å². The Kier molecular flexibility index (Phi) is 6.92. The van der Waals surface area contributed by atoms with Gasteiger partial charge in [-0.2, -0.15) is 16.8 Å². The Labute approximate surface area is 114 Å². The van der Waals surface area contributed by atoms with Crippen molar-refractivity contribution in [3.63, 3.8) is 0 Å². The Morgan fingerprint density at radius 2 is 1.15 bits per heavy atom. The lowest BCUT2D eigenvalue weighted by atomic mass is 10.1. The highest BCUT2D eigenvalue weighted by Gasteiger charge is 2.29. The number of rotatable bonds is 9. The minimum absolute atomic E-state index is 0.466. The first-order valence-corrected chi connectivity index (χ1v) is 8.28. The van der Waals surface area contributed by atoms with Crippen molar-refractivity contribution in [3.05, 3.63) is 10.1 Å². The molecule has 0 unspecified atom stereocenters. The SMILES string of the molecule is O=[N+]([O-])C(CC[C@@H](O)S(=O)(=O)O)CC[C@@H](O)S(=O)(=O)O. The van der Waals surface area contributed by atoms with Gasteiger partial charge in [-0.3, -0.25) is 19.2 Å². The standard InChI is InChI=1S/C7H15NO10S2/c9-6(19(13,14)15)3-1-5(8(11)12)2-4-7(10)20(16,17)18/h5-7,9-10H,1-4H2,(H,13,14,15)(H,16,17,18)/t6-,7-/m0/s1. The molecular formula is C7H15NO10S2. The molecule has 0 spiro atoms. The van der Waals surface area contributed by atoms with E-state index in [2.05, 4.69) is 0 Å². The molecule has 0 fully saturated rings. The topological polar surface area (TPSA) is 192 Å². The molecule has 0 bridgehead atoms. The molecule has 2 atom stereocenters. The van der Waals surface area contributed by atoms with Crippen LogP contribution in [-0.4, -0.2) is 58.0 Å². The zero-order valence-electron chi connectivity index (χ0n) is 10.1. The van der Waals surface area contributed by atoms with E-state index in [-0.39, 0.29) is 0 Å². The van der Waals surface area contributed by atoms with Crippen LogP contribution in [0.3, 0.4) is 0 Å². The molecule has 20 heavy (non-hydrogen) atoms. The monoisotopic (exact) mass is 337 g/mol. The largest absolute Gasteiger partial charge is 0.375 e. The number of nitrogens with zero attached hydrogens (tertiary/aromatic N) is 1. The van der Waals surface area contributed by atoms with E-state index in [1.54, 1.807) is 0 Å². The summed E-state index contributed by atoms with van der Waals surface area (Å²) in [5.74, 6) is 0. The molecule has 0 aliphatic rings. The number of aliphatic hydroxyl groups is 2. The van der Waals surface area contributed by atoms with Crippen LogP contribution in [0.1, 0.15) is 25.7 Å². The maximum Gasteiger partial charge on any atom is 0.291 e. The molecule has 4 N–H and O–H groups in total. The second-order valence-corrected chi connectivity index (χ2v) is 7.18. The maximum absolute atomic E-state index is 10.6. The van der Waals surface area contributed by atoms with Crippen LogP contribution in [0.25, 0.3) is 0 Å². The van der Waals surface area contributed by atoms with Gasteiger partial charge in [-0.05, 0) is 12.8 Å². The van der Waals surface area contributed by atoms with E-state index in [0.29, 0.717) is 0 Å². The predicted octanol–water partition coefficient (Wildman–Crippen LogP) is -1.40.